The monoisotopic (exact) mass is 534 g/mol. The predicted octanol–water partition coefficient (Wildman–Crippen LogP) is 3.98. The Bertz CT molecular complexity index is 1220. The summed E-state index contributed by atoms with van der Waals surface area (Å²) in [4.78, 5) is 13.3. The smallest absolute Gasteiger partial charge is 0.217 e. The first-order valence-electron chi connectivity index (χ1n) is 13.2. The SMILES string of the molecule is CC(=O)NCc1ccc(C2OC(CN(C)CC(O)c3cccc(O)c3)C(C)C(c3ccc(CO)cc3)O2)cc1. The Labute approximate surface area is 229 Å². The molecule has 4 N–H and O–H groups in total. The normalized spacial score (nSPS) is 22.0. The highest BCUT2D eigenvalue weighted by Crippen LogP contribution is 2.42. The van der Waals surface area contributed by atoms with Gasteiger partial charge in [0, 0.05) is 38.0 Å². The number of hydrogen-bond acceptors (Lipinski definition) is 7. The minimum Gasteiger partial charge on any atom is -0.508 e. The van der Waals surface area contributed by atoms with Crippen LogP contribution in [0.15, 0.2) is 72.8 Å². The molecular weight excluding hydrogens is 496 g/mol. The first-order chi connectivity index (χ1) is 18.7. The molecule has 0 aliphatic carbocycles. The third kappa shape index (κ3) is 7.65. The molecule has 3 aromatic rings. The fourth-order valence-electron chi connectivity index (χ4n) is 4.86. The van der Waals surface area contributed by atoms with Crippen LogP contribution in [0.25, 0.3) is 0 Å². The van der Waals surface area contributed by atoms with Gasteiger partial charge in [0.05, 0.1) is 24.9 Å². The van der Waals surface area contributed by atoms with Gasteiger partial charge in [0.2, 0.25) is 5.91 Å². The standard InChI is InChI=1S/C31H38N2O6/c1-20-29(18-33(3)17-28(37)26-5-4-6-27(36)15-26)38-31(25-13-7-22(8-14-25)16-32-21(2)35)39-30(20)24-11-9-23(19-34)10-12-24/h4-15,20,28-31,34,36-37H,16-19H2,1-3H3,(H,32,35). The topological polar surface area (TPSA) is 111 Å². The van der Waals surface area contributed by atoms with E-state index in [-0.39, 0.29) is 36.4 Å². The fraction of sp³-hybridized carbons (Fsp3) is 0.387. The number of phenols is 1. The molecule has 8 heteroatoms. The van der Waals surface area contributed by atoms with Gasteiger partial charge in [-0.3, -0.25) is 4.79 Å². The highest BCUT2D eigenvalue weighted by Gasteiger charge is 2.39. The van der Waals surface area contributed by atoms with E-state index in [1.165, 1.54) is 6.92 Å². The molecule has 1 amide bonds. The number of nitrogens with one attached hydrogen (secondary N) is 1. The quantitative estimate of drug-likeness (QED) is 0.311. The van der Waals surface area contributed by atoms with Gasteiger partial charge in [0.15, 0.2) is 6.29 Å². The molecule has 1 aliphatic heterocycles. The van der Waals surface area contributed by atoms with Crippen LogP contribution in [0.4, 0.5) is 0 Å². The molecule has 8 nitrogen and oxygen atoms in total. The molecule has 4 rings (SSSR count). The highest BCUT2D eigenvalue weighted by atomic mass is 16.7. The van der Waals surface area contributed by atoms with E-state index in [1.54, 1.807) is 24.3 Å². The number of likely N-dealkylation sites (N-methyl/N-ethyl adjacent to an activating group) is 1. The van der Waals surface area contributed by atoms with Crippen LogP contribution in [0.3, 0.4) is 0 Å². The maximum atomic E-state index is 11.3. The van der Waals surface area contributed by atoms with Crippen molar-refractivity contribution in [3.8, 4) is 5.75 Å². The first-order valence-corrected chi connectivity index (χ1v) is 13.2. The third-order valence-corrected chi connectivity index (χ3v) is 7.15. The zero-order valence-electron chi connectivity index (χ0n) is 22.7. The summed E-state index contributed by atoms with van der Waals surface area (Å²) in [5, 5.41) is 32.8. The van der Waals surface area contributed by atoms with Crippen molar-refractivity contribution in [3.63, 3.8) is 0 Å². The van der Waals surface area contributed by atoms with Crippen LogP contribution in [0.5, 0.6) is 5.75 Å². The van der Waals surface area contributed by atoms with Crippen LogP contribution >= 0.6 is 0 Å². The van der Waals surface area contributed by atoms with Crippen LogP contribution in [0.2, 0.25) is 0 Å². The van der Waals surface area contributed by atoms with Crippen LogP contribution in [0.1, 0.15) is 60.2 Å². The van der Waals surface area contributed by atoms with E-state index >= 15 is 0 Å². The molecule has 39 heavy (non-hydrogen) atoms. The molecule has 5 unspecified atom stereocenters. The van der Waals surface area contributed by atoms with Crippen LogP contribution in [-0.4, -0.2) is 52.4 Å². The number of nitrogens with zero attached hydrogens (tertiary/aromatic N) is 1. The molecule has 0 bridgehead atoms. The van der Waals surface area contributed by atoms with E-state index in [4.69, 9.17) is 9.47 Å². The molecule has 1 saturated heterocycles. The summed E-state index contributed by atoms with van der Waals surface area (Å²) in [5.41, 5.74) is 4.34. The van der Waals surface area contributed by atoms with Crippen molar-refractivity contribution < 1.29 is 29.6 Å². The average Bonchev–Trinajstić information content (AvgIpc) is 2.93. The van der Waals surface area contributed by atoms with Gasteiger partial charge in [-0.2, -0.15) is 0 Å². The molecule has 0 aromatic heterocycles. The zero-order chi connectivity index (χ0) is 27.9. The van der Waals surface area contributed by atoms with Gasteiger partial charge in [-0.05, 0) is 41.4 Å². The van der Waals surface area contributed by atoms with Crippen molar-refractivity contribution in [1.29, 1.82) is 0 Å². The number of carbonyl (C=O) groups excluding carboxylic acids is 1. The third-order valence-electron chi connectivity index (χ3n) is 7.15. The maximum absolute atomic E-state index is 11.3. The largest absolute Gasteiger partial charge is 0.508 e. The minimum atomic E-state index is -0.758. The maximum Gasteiger partial charge on any atom is 0.217 e. The summed E-state index contributed by atoms with van der Waals surface area (Å²) in [7, 11) is 1.94. The number of carbonyl (C=O) groups is 1. The number of amides is 1. The molecule has 0 saturated carbocycles. The second-order valence-corrected chi connectivity index (χ2v) is 10.3. The van der Waals surface area contributed by atoms with Gasteiger partial charge in [-0.25, -0.2) is 0 Å². The number of benzene rings is 3. The Morgan fingerprint density at radius 3 is 2.31 bits per heavy atom. The van der Waals surface area contributed by atoms with Crippen LogP contribution in [0, 0.1) is 5.92 Å². The Balaban J connectivity index is 1.52. The summed E-state index contributed by atoms with van der Waals surface area (Å²) >= 11 is 0. The lowest BCUT2D eigenvalue weighted by molar-refractivity contribution is -0.276. The van der Waals surface area contributed by atoms with Crippen molar-refractivity contribution in [2.45, 2.75) is 51.6 Å². The van der Waals surface area contributed by atoms with E-state index in [9.17, 15) is 20.1 Å². The van der Waals surface area contributed by atoms with Gasteiger partial charge in [0.1, 0.15) is 5.75 Å². The highest BCUT2D eigenvalue weighted by molar-refractivity contribution is 5.72. The second kappa shape index (κ2) is 13.2. The van der Waals surface area contributed by atoms with Crippen molar-refractivity contribution >= 4 is 5.91 Å². The van der Waals surface area contributed by atoms with Gasteiger partial charge in [-0.1, -0.05) is 67.6 Å². The lowest BCUT2D eigenvalue weighted by Gasteiger charge is -2.42. The van der Waals surface area contributed by atoms with Crippen molar-refractivity contribution in [2.75, 3.05) is 20.1 Å². The molecule has 1 aliphatic rings. The lowest BCUT2D eigenvalue weighted by atomic mass is 9.90. The number of phenolic OH excluding ortho intramolecular Hbond substituents is 1. The van der Waals surface area contributed by atoms with Gasteiger partial charge in [0.25, 0.3) is 0 Å². The van der Waals surface area contributed by atoms with Crippen molar-refractivity contribution in [3.05, 3.63) is 101 Å². The second-order valence-electron chi connectivity index (χ2n) is 10.3. The minimum absolute atomic E-state index is 0.000582. The van der Waals surface area contributed by atoms with E-state index < -0.39 is 12.4 Å². The number of aliphatic hydroxyl groups excluding tert-OH is 2. The summed E-state index contributed by atoms with van der Waals surface area (Å²) in [6.45, 7) is 4.95. The van der Waals surface area contributed by atoms with Gasteiger partial charge < -0.3 is 35.0 Å². The van der Waals surface area contributed by atoms with Crippen molar-refractivity contribution in [1.82, 2.24) is 10.2 Å². The zero-order valence-corrected chi connectivity index (χ0v) is 22.7. The van der Waals surface area contributed by atoms with Crippen LogP contribution in [-0.2, 0) is 27.4 Å². The average molecular weight is 535 g/mol. The van der Waals surface area contributed by atoms with E-state index in [0.29, 0.717) is 25.2 Å². The number of rotatable bonds is 10. The Hall–Kier alpha value is -3.27. The Morgan fingerprint density at radius 1 is 1.00 bits per heavy atom. The fourth-order valence-corrected chi connectivity index (χ4v) is 4.86. The summed E-state index contributed by atoms with van der Waals surface area (Å²) in [6, 6.07) is 22.3. The predicted molar refractivity (Wildman–Crippen MR) is 147 cm³/mol. The van der Waals surface area contributed by atoms with Gasteiger partial charge >= 0.3 is 0 Å². The molecule has 0 spiro atoms. The molecule has 208 valence electrons. The van der Waals surface area contributed by atoms with E-state index in [0.717, 1.165) is 22.3 Å². The number of aliphatic hydroxyl groups is 2. The summed E-state index contributed by atoms with van der Waals surface area (Å²) < 4.78 is 13.0. The molecule has 3 aromatic carbocycles. The Kier molecular flexibility index (Phi) is 9.72. The molecule has 1 heterocycles. The molecule has 1 fully saturated rings. The number of hydrogen-bond donors (Lipinski definition) is 4. The van der Waals surface area contributed by atoms with E-state index in [1.807, 2.05) is 60.5 Å². The lowest BCUT2D eigenvalue weighted by Crippen LogP contribution is -2.44. The van der Waals surface area contributed by atoms with Crippen LogP contribution < -0.4 is 5.32 Å². The summed E-state index contributed by atoms with van der Waals surface area (Å²) in [6.07, 6.45) is -1.81. The Morgan fingerprint density at radius 2 is 1.67 bits per heavy atom. The van der Waals surface area contributed by atoms with Crippen molar-refractivity contribution in [2.24, 2.45) is 5.92 Å². The first kappa shape index (κ1) is 28.7. The molecular formula is C31H38N2O6. The van der Waals surface area contributed by atoms with E-state index in [2.05, 4.69) is 12.2 Å². The number of aromatic hydroxyl groups is 1. The molecule has 0 radical (unpaired) electrons. The molecule has 5 atom stereocenters. The van der Waals surface area contributed by atoms with Gasteiger partial charge in [-0.15, -0.1) is 0 Å². The number of ether oxygens (including phenoxy) is 2. The summed E-state index contributed by atoms with van der Waals surface area (Å²) in [5.74, 6) is 0.0421.